The normalized spacial score (nSPS) is 10.1. The Hall–Kier alpha value is -3.38. The number of aromatic nitrogens is 1. The van der Waals surface area contributed by atoms with Crippen molar-refractivity contribution in [3.8, 4) is 16.9 Å². The average molecular weight is 382 g/mol. The highest BCUT2D eigenvalue weighted by Gasteiger charge is 2.10. The number of carbonyl (C=O) groups excluding carboxylic acids is 2. The first kappa shape index (κ1) is 18.4. The number of hydrogen-bond donors (Lipinski definition) is 2. The first-order valence-corrected chi connectivity index (χ1v) is 8.49. The smallest absolute Gasteiger partial charge is 0.276 e. The third-order valence-electron chi connectivity index (χ3n) is 3.64. The Labute approximate surface area is 161 Å². The van der Waals surface area contributed by atoms with Crippen molar-refractivity contribution in [1.29, 1.82) is 0 Å². The van der Waals surface area contributed by atoms with E-state index in [2.05, 4.69) is 15.8 Å². The maximum atomic E-state index is 12.0. The van der Waals surface area contributed by atoms with Crippen LogP contribution in [-0.2, 0) is 4.79 Å². The fourth-order valence-electron chi connectivity index (χ4n) is 2.34. The van der Waals surface area contributed by atoms with Crippen LogP contribution < -0.4 is 15.6 Å². The summed E-state index contributed by atoms with van der Waals surface area (Å²) in [4.78, 5) is 27.7. The van der Waals surface area contributed by atoms with Crippen LogP contribution >= 0.6 is 11.6 Å². The van der Waals surface area contributed by atoms with Crippen molar-refractivity contribution < 1.29 is 14.3 Å². The van der Waals surface area contributed by atoms with Gasteiger partial charge in [-0.15, -0.1) is 0 Å². The van der Waals surface area contributed by atoms with Gasteiger partial charge in [0, 0.05) is 11.8 Å². The van der Waals surface area contributed by atoms with Gasteiger partial charge in [0.25, 0.3) is 11.8 Å². The monoisotopic (exact) mass is 381 g/mol. The molecule has 3 aromatic rings. The van der Waals surface area contributed by atoms with Gasteiger partial charge >= 0.3 is 0 Å². The minimum Gasteiger partial charge on any atom is -0.483 e. The molecule has 0 aliphatic rings. The van der Waals surface area contributed by atoms with E-state index < -0.39 is 11.8 Å². The van der Waals surface area contributed by atoms with Gasteiger partial charge in [0.05, 0.1) is 5.56 Å². The van der Waals surface area contributed by atoms with E-state index in [4.69, 9.17) is 16.3 Å². The lowest BCUT2D eigenvalue weighted by Crippen LogP contribution is -2.43. The summed E-state index contributed by atoms with van der Waals surface area (Å²) in [6, 6.07) is 20.1. The molecule has 1 heterocycles. The summed E-state index contributed by atoms with van der Waals surface area (Å²) in [6.45, 7) is -0.247. The quantitative estimate of drug-likeness (QED) is 0.525. The van der Waals surface area contributed by atoms with Gasteiger partial charge < -0.3 is 4.74 Å². The van der Waals surface area contributed by atoms with Crippen LogP contribution in [-0.4, -0.2) is 23.4 Å². The van der Waals surface area contributed by atoms with Gasteiger partial charge in [-0.05, 0) is 23.8 Å². The van der Waals surface area contributed by atoms with E-state index in [1.54, 1.807) is 6.07 Å². The highest BCUT2D eigenvalue weighted by molar-refractivity contribution is 6.29. The fourth-order valence-corrected chi connectivity index (χ4v) is 2.45. The molecule has 0 aliphatic carbocycles. The highest BCUT2D eigenvalue weighted by Crippen LogP contribution is 2.29. The van der Waals surface area contributed by atoms with Gasteiger partial charge in [-0.2, -0.15) is 0 Å². The molecule has 0 saturated carbocycles. The zero-order chi connectivity index (χ0) is 19.1. The number of hydrogen-bond acceptors (Lipinski definition) is 4. The van der Waals surface area contributed by atoms with E-state index in [0.29, 0.717) is 5.75 Å². The van der Waals surface area contributed by atoms with Gasteiger partial charge in [0.2, 0.25) is 0 Å². The number of carbonyl (C=O) groups is 2. The molecule has 0 fully saturated rings. The van der Waals surface area contributed by atoms with E-state index in [-0.39, 0.29) is 17.3 Å². The molecule has 0 bridgehead atoms. The molecule has 6 nitrogen and oxygen atoms in total. The number of benzene rings is 2. The highest BCUT2D eigenvalue weighted by atomic mass is 35.5. The molecule has 3 rings (SSSR count). The predicted molar refractivity (Wildman–Crippen MR) is 102 cm³/mol. The largest absolute Gasteiger partial charge is 0.483 e. The van der Waals surface area contributed by atoms with Gasteiger partial charge in [0.15, 0.2) is 6.61 Å². The third-order valence-corrected chi connectivity index (χ3v) is 3.86. The Morgan fingerprint density at radius 1 is 0.926 bits per heavy atom. The summed E-state index contributed by atoms with van der Waals surface area (Å²) < 4.78 is 5.61. The maximum absolute atomic E-state index is 12.0. The number of nitrogens with zero attached hydrogens (tertiary/aromatic N) is 1. The summed E-state index contributed by atoms with van der Waals surface area (Å²) in [7, 11) is 0. The molecule has 0 saturated heterocycles. The van der Waals surface area contributed by atoms with E-state index in [0.717, 1.165) is 11.1 Å². The predicted octanol–water partition coefficient (Wildman–Crippen LogP) is 3.24. The zero-order valence-electron chi connectivity index (χ0n) is 14.2. The SMILES string of the molecule is O=C(COc1ccccc1-c1ccccc1)NNC(=O)c1ccc(Cl)nc1. The van der Waals surface area contributed by atoms with Crippen LogP contribution in [0.25, 0.3) is 11.1 Å². The first-order valence-electron chi connectivity index (χ1n) is 8.11. The maximum Gasteiger partial charge on any atom is 0.276 e. The van der Waals surface area contributed by atoms with Gasteiger partial charge in [-0.25, -0.2) is 4.98 Å². The number of ether oxygens (including phenoxy) is 1. The summed E-state index contributed by atoms with van der Waals surface area (Å²) >= 11 is 5.67. The van der Waals surface area contributed by atoms with Crippen molar-refractivity contribution in [2.24, 2.45) is 0 Å². The zero-order valence-corrected chi connectivity index (χ0v) is 14.9. The lowest BCUT2D eigenvalue weighted by Gasteiger charge is -2.12. The van der Waals surface area contributed by atoms with Gasteiger partial charge in [-0.1, -0.05) is 60.1 Å². The average Bonchev–Trinajstić information content (AvgIpc) is 2.72. The molecule has 2 amide bonds. The number of nitrogens with one attached hydrogen (secondary N) is 2. The Kier molecular flexibility index (Phi) is 6.02. The molecule has 2 N–H and O–H groups in total. The molecule has 0 radical (unpaired) electrons. The van der Waals surface area contributed by atoms with Crippen molar-refractivity contribution in [3.63, 3.8) is 0 Å². The minimum absolute atomic E-state index is 0.247. The van der Waals surface area contributed by atoms with Crippen molar-refractivity contribution >= 4 is 23.4 Å². The second-order valence-corrected chi connectivity index (χ2v) is 5.91. The lowest BCUT2D eigenvalue weighted by atomic mass is 10.1. The number of para-hydroxylation sites is 1. The first-order chi connectivity index (χ1) is 13.1. The standard InChI is InChI=1S/C20H16ClN3O3/c21-18-11-10-15(12-22-18)20(26)24-23-19(25)13-27-17-9-5-4-8-16(17)14-6-2-1-3-7-14/h1-12H,13H2,(H,23,25)(H,24,26). The molecule has 27 heavy (non-hydrogen) atoms. The molecular weight excluding hydrogens is 366 g/mol. The van der Waals surface area contributed by atoms with Crippen LogP contribution in [0.1, 0.15) is 10.4 Å². The molecule has 2 aromatic carbocycles. The van der Waals surface area contributed by atoms with Crippen LogP contribution in [0.3, 0.4) is 0 Å². The van der Waals surface area contributed by atoms with Crippen molar-refractivity contribution in [1.82, 2.24) is 15.8 Å². The Morgan fingerprint density at radius 2 is 1.67 bits per heavy atom. The number of rotatable bonds is 5. The van der Waals surface area contributed by atoms with Crippen LogP contribution in [0.5, 0.6) is 5.75 Å². The second kappa shape index (κ2) is 8.82. The van der Waals surface area contributed by atoms with Crippen LogP contribution in [0, 0.1) is 0 Å². The van der Waals surface area contributed by atoms with Crippen LogP contribution in [0.4, 0.5) is 0 Å². The van der Waals surface area contributed by atoms with Gasteiger partial charge in [0.1, 0.15) is 10.9 Å². The second-order valence-electron chi connectivity index (χ2n) is 5.52. The van der Waals surface area contributed by atoms with E-state index in [1.807, 2.05) is 48.5 Å². The molecule has 0 atom stereocenters. The van der Waals surface area contributed by atoms with Crippen LogP contribution in [0.2, 0.25) is 5.15 Å². The summed E-state index contributed by atoms with van der Waals surface area (Å²) in [5.74, 6) is -0.419. The summed E-state index contributed by atoms with van der Waals surface area (Å²) in [5, 5.41) is 0.279. The summed E-state index contributed by atoms with van der Waals surface area (Å²) in [6.07, 6.45) is 1.32. The van der Waals surface area contributed by atoms with E-state index in [9.17, 15) is 9.59 Å². The lowest BCUT2D eigenvalue weighted by molar-refractivity contribution is -0.123. The molecule has 136 valence electrons. The topological polar surface area (TPSA) is 80.3 Å². The van der Waals surface area contributed by atoms with E-state index in [1.165, 1.54) is 18.3 Å². The van der Waals surface area contributed by atoms with Crippen LogP contribution in [0.15, 0.2) is 72.9 Å². The van der Waals surface area contributed by atoms with Crippen molar-refractivity contribution in [2.45, 2.75) is 0 Å². The molecule has 1 aromatic heterocycles. The number of halogens is 1. The Balaban J connectivity index is 1.55. The van der Waals surface area contributed by atoms with Crippen molar-refractivity contribution in [2.75, 3.05) is 6.61 Å². The molecule has 0 spiro atoms. The minimum atomic E-state index is -0.503. The summed E-state index contributed by atoms with van der Waals surface area (Å²) in [5.41, 5.74) is 6.73. The third kappa shape index (κ3) is 5.05. The molecule has 0 aliphatic heterocycles. The van der Waals surface area contributed by atoms with Crippen molar-refractivity contribution in [3.05, 3.63) is 83.6 Å². The van der Waals surface area contributed by atoms with E-state index >= 15 is 0 Å². The molecular formula is C20H16ClN3O3. The number of hydrazine groups is 1. The molecule has 0 unspecified atom stereocenters. The molecule has 7 heteroatoms. The Morgan fingerprint density at radius 3 is 2.41 bits per heavy atom. The number of pyridine rings is 1. The fraction of sp³-hybridized carbons (Fsp3) is 0.0500. The van der Waals surface area contributed by atoms with Gasteiger partial charge in [-0.3, -0.25) is 20.4 Å². The number of amides is 2. The Bertz CT molecular complexity index is 931.